The Morgan fingerprint density at radius 2 is 1.36 bits per heavy atom. The van der Waals surface area contributed by atoms with Crippen LogP contribution in [0.3, 0.4) is 0 Å². The van der Waals surface area contributed by atoms with Gasteiger partial charge in [-0.2, -0.15) is 0 Å². The Hall–Kier alpha value is -2.86. The maximum Gasteiger partial charge on any atom is 0.324 e. The normalized spacial score (nSPS) is 10.0. The zero-order chi connectivity index (χ0) is 16.3. The summed E-state index contributed by atoms with van der Waals surface area (Å²) in [6.07, 6.45) is 0. The molecule has 0 bridgehead atoms. The highest BCUT2D eigenvalue weighted by Gasteiger charge is 2.19. The first-order valence-corrected chi connectivity index (χ1v) is 7.17. The Bertz CT molecular complexity index is 735. The highest BCUT2D eigenvalue weighted by atomic mass is 32.1. The van der Waals surface area contributed by atoms with Crippen LogP contribution in [0.5, 0.6) is 0 Å². The average Bonchev–Trinajstić information content (AvgIpc) is 3.07. The number of nitro groups is 2. The first-order chi connectivity index (χ1) is 10.4. The second kappa shape index (κ2) is 6.28. The van der Waals surface area contributed by atoms with Gasteiger partial charge in [-0.05, 0) is 12.1 Å². The van der Waals surface area contributed by atoms with Crippen molar-refractivity contribution >= 4 is 44.3 Å². The highest BCUT2D eigenvalue weighted by Crippen LogP contribution is 2.31. The van der Waals surface area contributed by atoms with E-state index in [0.717, 1.165) is 22.7 Å². The topological polar surface area (TPSA) is 163 Å². The summed E-state index contributed by atoms with van der Waals surface area (Å²) in [4.78, 5) is 21.3. The minimum atomic E-state index is -0.538. The van der Waals surface area contributed by atoms with Gasteiger partial charge in [0.05, 0.1) is 19.6 Å². The molecule has 0 atom stereocenters. The third-order valence-corrected chi connectivity index (χ3v) is 4.36. The van der Waals surface area contributed by atoms with Crippen molar-refractivity contribution in [2.24, 2.45) is 21.7 Å². The predicted octanol–water partition coefficient (Wildman–Crippen LogP) is 1.65. The van der Waals surface area contributed by atoms with Crippen LogP contribution in [-0.4, -0.2) is 21.5 Å². The standard InChI is InChI=1S/C10H8N6O4S2/c11-10(12)14-13-9(5-1-3-7(21-5)15(17)18)6-2-4-8(22-6)16(19)20/h1-4H,(H4,11,12,14). The smallest absolute Gasteiger partial charge is 0.324 e. The maximum atomic E-state index is 10.8. The van der Waals surface area contributed by atoms with Crippen LogP contribution in [0.15, 0.2) is 34.5 Å². The number of guanidine groups is 1. The van der Waals surface area contributed by atoms with E-state index in [9.17, 15) is 20.2 Å². The van der Waals surface area contributed by atoms with E-state index in [2.05, 4.69) is 10.2 Å². The Labute approximate surface area is 130 Å². The second-order valence-electron chi connectivity index (χ2n) is 3.76. The van der Waals surface area contributed by atoms with E-state index in [1.54, 1.807) is 0 Å². The number of hydrogen-bond donors (Lipinski definition) is 2. The van der Waals surface area contributed by atoms with E-state index in [-0.39, 0.29) is 21.7 Å². The highest BCUT2D eigenvalue weighted by molar-refractivity contribution is 7.20. The number of nitrogens with two attached hydrogens (primary N) is 2. The van der Waals surface area contributed by atoms with Crippen LogP contribution in [0.2, 0.25) is 0 Å². The molecule has 0 aliphatic heterocycles. The molecular formula is C10H8N6O4S2. The molecule has 0 aliphatic carbocycles. The predicted molar refractivity (Wildman–Crippen MR) is 83.4 cm³/mol. The van der Waals surface area contributed by atoms with Crippen LogP contribution in [0.25, 0.3) is 0 Å². The monoisotopic (exact) mass is 340 g/mol. The molecule has 22 heavy (non-hydrogen) atoms. The molecule has 12 heteroatoms. The van der Waals surface area contributed by atoms with E-state index < -0.39 is 9.85 Å². The summed E-state index contributed by atoms with van der Waals surface area (Å²) in [5.74, 6) is -0.297. The minimum absolute atomic E-state index is 0.0848. The van der Waals surface area contributed by atoms with Gasteiger partial charge in [0.25, 0.3) is 0 Å². The van der Waals surface area contributed by atoms with Crippen molar-refractivity contribution in [3.63, 3.8) is 0 Å². The van der Waals surface area contributed by atoms with Gasteiger partial charge in [0.2, 0.25) is 5.96 Å². The lowest BCUT2D eigenvalue weighted by Gasteiger charge is -1.97. The zero-order valence-electron chi connectivity index (χ0n) is 10.7. The number of hydrogen-bond acceptors (Lipinski definition) is 8. The molecule has 2 aromatic rings. The van der Waals surface area contributed by atoms with Crippen molar-refractivity contribution in [3.05, 3.63) is 54.2 Å². The van der Waals surface area contributed by atoms with Gasteiger partial charge in [-0.15, -0.1) is 10.2 Å². The van der Waals surface area contributed by atoms with Crippen molar-refractivity contribution in [1.82, 2.24) is 0 Å². The molecule has 0 fully saturated rings. The third-order valence-electron chi connectivity index (χ3n) is 2.28. The number of thiophene rings is 2. The van der Waals surface area contributed by atoms with Gasteiger partial charge in [-0.1, -0.05) is 22.7 Å². The van der Waals surface area contributed by atoms with Crippen LogP contribution in [-0.2, 0) is 0 Å². The van der Waals surface area contributed by atoms with Gasteiger partial charge in [0, 0.05) is 12.1 Å². The van der Waals surface area contributed by atoms with E-state index in [1.807, 2.05) is 0 Å². The molecule has 0 radical (unpaired) electrons. The number of nitrogens with zero attached hydrogens (tertiary/aromatic N) is 4. The summed E-state index contributed by atoms with van der Waals surface area (Å²) < 4.78 is 0. The van der Waals surface area contributed by atoms with Crippen molar-refractivity contribution in [1.29, 1.82) is 0 Å². The van der Waals surface area contributed by atoms with E-state index in [1.165, 1.54) is 24.3 Å². The molecule has 0 saturated carbocycles. The molecule has 2 heterocycles. The fourth-order valence-corrected chi connectivity index (χ4v) is 3.14. The van der Waals surface area contributed by atoms with Crippen LogP contribution < -0.4 is 11.5 Å². The van der Waals surface area contributed by atoms with Gasteiger partial charge in [0.1, 0.15) is 5.71 Å². The molecule has 10 nitrogen and oxygen atoms in total. The van der Waals surface area contributed by atoms with Gasteiger partial charge >= 0.3 is 10.0 Å². The third kappa shape index (κ3) is 3.42. The van der Waals surface area contributed by atoms with Crippen LogP contribution in [0.4, 0.5) is 10.0 Å². The van der Waals surface area contributed by atoms with E-state index in [4.69, 9.17) is 11.5 Å². The fourth-order valence-electron chi connectivity index (χ4n) is 1.43. The first kappa shape index (κ1) is 15.5. The largest absolute Gasteiger partial charge is 0.369 e. The van der Waals surface area contributed by atoms with Crippen LogP contribution in [0, 0.1) is 20.2 Å². The molecule has 0 aliphatic rings. The Morgan fingerprint density at radius 1 is 0.909 bits per heavy atom. The minimum Gasteiger partial charge on any atom is -0.369 e. The fraction of sp³-hybridized carbons (Fsp3) is 0. The lowest BCUT2D eigenvalue weighted by Crippen LogP contribution is -2.22. The molecule has 0 aromatic carbocycles. The van der Waals surface area contributed by atoms with Crippen molar-refractivity contribution < 1.29 is 9.85 Å². The molecule has 114 valence electrons. The maximum absolute atomic E-state index is 10.8. The lowest BCUT2D eigenvalue weighted by atomic mass is 10.2. The van der Waals surface area contributed by atoms with E-state index >= 15 is 0 Å². The Kier molecular flexibility index (Phi) is 4.43. The van der Waals surface area contributed by atoms with Gasteiger partial charge in [0.15, 0.2) is 0 Å². The molecule has 0 spiro atoms. The average molecular weight is 340 g/mol. The Balaban J connectivity index is 2.50. The summed E-state index contributed by atoms with van der Waals surface area (Å²) >= 11 is 1.74. The molecule has 0 amide bonds. The lowest BCUT2D eigenvalue weighted by molar-refractivity contribution is -0.380. The molecule has 0 unspecified atom stereocenters. The Morgan fingerprint density at radius 3 is 1.68 bits per heavy atom. The molecule has 0 saturated heterocycles. The molecule has 4 N–H and O–H groups in total. The van der Waals surface area contributed by atoms with Gasteiger partial charge in [-0.25, -0.2) is 0 Å². The molecule has 2 aromatic heterocycles. The quantitative estimate of drug-likeness (QED) is 0.363. The van der Waals surface area contributed by atoms with Crippen LogP contribution >= 0.6 is 22.7 Å². The summed E-state index contributed by atoms with van der Waals surface area (Å²) in [6.45, 7) is 0. The SMILES string of the molecule is NC(N)=NN=C(c1ccc([N+](=O)[O-])s1)c1ccc([N+](=O)[O-])s1. The first-order valence-electron chi connectivity index (χ1n) is 5.54. The van der Waals surface area contributed by atoms with Crippen molar-refractivity contribution in [2.45, 2.75) is 0 Å². The summed E-state index contributed by atoms with van der Waals surface area (Å²) in [5.41, 5.74) is 10.7. The summed E-state index contributed by atoms with van der Waals surface area (Å²) in [6, 6.07) is 5.59. The molecule has 2 rings (SSSR count). The second-order valence-corrected chi connectivity index (χ2v) is 5.89. The number of rotatable bonds is 5. The zero-order valence-corrected chi connectivity index (χ0v) is 12.3. The van der Waals surface area contributed by atoms with Gasteiger partial charge < -0.3 is 11.5 Å². The van der Waals surface area contributed by atoms with Gasteiger partial charge in [-0.3, -0.25) is 20.2 Å². The summed E-state index contributed by atoms with van der Waals surface area (Å²) in [7, 11) is 0. The van der Waals surface area contributed by atoms with Crippen LogP contribution in [0.1, 0.15) is 9.75 Å². The molecular weight excluding hydrogens is 332 g/mol. The van der Waals surface area contributed by atoms with E-state index in [0.29, 0.717) is 9.75 Å². The summed E-state index contributed by atoms with van der Waals surface area (Å²) in [5, 5.41) is 28.7. The van der Waals surface area contributed by atoms with Crippen molar-refractivity contribution in [2.75, 3.05) is 0 Å². The van der Waals surface area contributed by atoms with Crippen molar-refractivity contribution in [3.8, 4) is 0 Å².